The maximum Gasteiger partial charge on any atom is 0.107 e. The molecular formula is C16H36NO+. The molecule has 0 aromatic heterocycles. The zero-order valence-electron chi connectivity index (χ0n) is 12.8. The summed E-state index contributed by atoms with van der Waals surface area (Å²) in [6, 6.07) is 0. The summed E-state index contributed by atoms with van der Waals surface area (Å²) in [4.78, 5) is 0. The third kappa shape index (κ3) is 14.0. The molecule has 0 aromatic carbocycles. The maximum absolute atomic E-state index is 9.77. The molecule has 0 saturated heterocycles. The lowest BCUT2D eigenvalue weighted by atomic mass is 10.1. The van der Waals surface area contributed by atoms with Crippen LogP contribution in [0.15, 0.2) is 0 Å². The van der Waals surface area contributed by atoms with E-state index < -0.39 is 0 Å². The Kier molecular flexibility index (Phi) is 14.9. The summed E-state index contributed by atoms with van der Waals surface area (Å²) in [5.74, 6) is 0. The number of hydroxylamine groups is 2. The molecule has 0 fully saturated rings. The highest BCUT2D eigenvalue weighted by molar-refractivity contribution is 4.44. The first-order valence-electron chi connectivity index (χ1n) is 8.34. The second kappa shape index (κ2) is 15.0. The van der Waals surface area contributed by atoms with Crippen LogP contribution in [0.4, 0.5) is 0 Å². The van der Waals surface area contributed by atoms with Crippen molar-refractivity contribution in [1.29, 1.82) is 0 Å². The molecule has 0 unspecified atom stereocenters. The van der Waals surface area contributed by atoms with Gasteiger partial charge in [0, 0.05) is 0 Å². The fraction of sp³-hybridized carbons (Fsp3) is 1.00. The van der Waals surface area contributed by atoms with E-state index in [4.69, 9.17) is 0 Å². The lowest BCUT2D eigenvalue weighted by molar-refractivity contribution is -1.09. The molecular weight excluding hydrogens is 222 g/mol. The first kappa shape index (κ1) is 17.9. The molecule has 0 rings (SSSR count). The molecule has 110 valence electrons. The van der Waals surface area contributed by atoms with Crippen molar-refractivity contribution in [3.05, 3.63) is 0 Å². The lowest BCUT2D eigenvalue weighted by Crippen LogP contribution is -3.09. The first-order chi connectivity index (χ1) is 8.81. The molecule has 0 amide bonds. The SMILES string of the molecule is CCCCCCCC[NH+](O)CCCCCCCC. The first-order valence-corrected chi connectivity index (χ1v) is 8.34. The fourth-order valence-electron chi connectivity index (χ4n) is 2.34. The van der Waals surface area contributed by atoms with Crippen LogP contribution in [0.2, 0.25) is 0 Å². The van der Waals surface area contributed by atoms with Gasteiger partial charge in [-0.05, 0) is 25.7 Å². The molecule has 0 aliphatic carbocycles. The second-order valence-corrected chi connectivity index (χ2v) is 5.60. The van der Waals surface area contributed by atoms with E-state index in [-0.39, 0.29) is 0 Å². The molecule has 18 heavy (non-hydrogen) atoms. The van der Waals surface area contributed by atoms with Crippen LogP contribution >= 0.6 is 0 Å². The number of hydrogen-bond acceptors (Lipinski definition) is 1. The average Bonchev–Trinajstić information content (AvgIpc) is 2.38. The predicted octanol–water partition coefficient (Wildman–Crippen LogP) is 3.98. The van der Waals surface area contributed by atoms with E-state index in [9.17, 15) is 5.21 Å². The van der Waals surface area contributed by atoms with Crippen molar-refractivity contribution in [3.8, 4) is 0 Å². The van der Waals surface area contributed by atoms with Gasteiger partial charge < -0.3 is 0 Å². The molecule has 2 heteroatoms. The summed E-state index contributed by atoms with van der Waals surface area (Å²) >= 11 is 0. The van der Waals surface area contributed by atoms with Crippen molar-refractivity contribution in [2.24, 2.45) is 0 Å². The van der Waals surface area contributed by atoms with E-state index in [1.54, 1.807) is 0 Å². The van der Waals surface area contributed by atoms with Gasteiger partial charge in [-0.25, -0.2) is 5.21 Å². The number of quaternary nitrogens is 1. The number of unbranched alkanes of at least 4 members (excludes halogenated alkanes) is 10. The minimum Gasteiger partial charge on any atom is -0.219 e. The van der Waals surface area contributed by atoms with Crippen LogP contribution in [0.25, 0.3) is 0 Å². The highest BCUT2D eigenvalue weighted by Crippen LogP contribution is 2.04. The topological polar surface area (TPSA) is 24.7 Å². The summed E-state index contributed by atoms with van der Waals surface area (Å²) in [5, 5.41) is 10.5. The van der Waals surface area contributed by atoms with Crippen LogP contribution in [-0.4, -0.2) is 18.3 Å². The summed E-state index contributed by atoms with van der Waals surface area (Å²) in [6.07, 6.45) is 15.8. The van der Waals surface area contributed by atoms with Crippen LogP contribution in [0.5, 0.6) is 0 Å². The molecule has 0 aliphatic rings. The van der Waals surface area contributed by atoms with E-state index in [1.165, 1.54) is 77.0 Å². The third-order valence-corrected chi connectivity index (χ3v) is 3.64. The Labute approximate surface area is 115 Å². The summed E-state index contributed by atoms with van der Waals surface area (Å²) < 4.78 is 0. The zero-order chi connectivity index (χ0) is 13.5. The molecule has 0 aliphatic heterocycles. The van der Waals surface area contributed by atoms with Crippen molar-refractivity contribution in [2.45, 2.75) is 90.9 Å². The van der Waals surface area contributed by atoms with Gasteiger partial charge in [-0.1, -0.05) is 65.2 Å². The van der Waals surface area contributed by atoms with Crippen LogP contribution in [0.1, 0.15) is 90.9 Å². The van der Waals surface area contributed by atoms with Gasteiger partial charge >= 0.3 is 0 Å². The Morgan fingerprint density at radius 2 is 0.889 bits per heavy atom. The Balaban J connectivity index is 3.10. The van der Waals surface area contributed by atoms with Crippen LogP contribution in [0.3, 0.4) is 0 Å². The largest absolute Gasteiger partial charge is 0.219 e. The molecule has 0 atom stereocenters. The number of nitrogens with one attached hydrogen (secondary N) is 1. The molecule has 0 spiro atoms. The summed E-state index contributed by atoms with van der Waals surface area (Å²) in [6.45, 7) is 6.39. The average molecular weight is 258 g/mol. The van der Waals surface area contributed by atoms with Crippen LogP contribution < -0.4 is 5.06 Å². The minimum atomic E-state index is 0.751. The van der Waals surface area contributed by atoms with Gasteiger partial charge in [-0.15, -0.1) is 0 Å². The van der Waals surface area contributed by atoms with Gasteiger partial charge in [0.25, 0.3) is 0 Å². The van der Waals surface area contributed by atoms with Crippen molar-refractivity contribution >= 4 is 0 Å². The highest BCUT2D eigenvalue weighted by atomic mass is 16.5. The van der Waals surface area contributed by atoms with Crippen molar-refractivity contribution < 1.29 is 10.3 Å². The molecule has 2 nitrogen and oxygen atoms in total. The van der Waals surface area contributed by atoms with Gasteiger partial charge in [0.2, 0.25) is 0 Å². The van der Waals surface area contributed by atoms with Crippen molar-refractivity contribution in [1.82, 2.24) is 0 Å². The minimum absolute atomic E-state index is 0.751. The predicted molar refractivity (Wildman–Crippen MR) is 79.2 cm³/mol. The molecule has 0 radical (unpaired) electrons. The van der Waals surface area contributed by atoms with Gasteiger partial charge in [0.1, 0.15) is 13.1 Å². The number of hydrogen-bond donors (Lipinski definition) is 2. The number of rotatable bonds is 14. The van der Waals surface area contributed by atoms with E-state index in [0.717, 1.165) is 18.2 Å². The Bertz CT molecular complexity index is 134. The van der Waals surface area contributed by atoms with E-state index in [1.807, 2.05) is 0 Å². The lowest BCUT2D eigenvalue weighted by Gasteiger charge is -2.10. The van der Waals surface area contributed by atoms with Crippen LogP contribution in [0, 0.1) is 0 Å². The Morgan fingerprint density at radius 1 is 0.556 bits per heavy atom. The van der Waals surface area contributed by atoms with Gasteiger partial charge in [0.05, 0.1) is 0 Å². The molecule has 0 saturated carbocycles. The zero-order valence-corrected chi connectivity index (χ0v) is 12.8. The molecule has 2 N–H and O–H groups in total. The van der Waals surface area contributed by atoms with E-state index in [0.29, 0.717) is 0 Å². The van der Waals surface area contributed by atoms with Gasteiger partial charge in [0.15, 0.2) is 0 Å². The molecule has 0 aromatic rings. The molecule has 0 bridgehead atoms. The van der Waals surface area contributed by atoms with Crippen molar-refractivity contribution in [3.63, 3.8) is 0 Å². The second-order valence-electron chi connectivity index (χ2n) is 5.60. The third-order valence-electron chi connectivity index (χ3n) is 3.64. The summed E-state index contributed by atoms with van der Waals surface area (Å²) in [5.41, 5.74) is 0. The van der Waals surface area contributed by atoms with Crippen LogP contribution in [-0.2, 0) is 0 Å². The van der Waals surface area contributed by atoms with E-state index in [2.05, 4.69) is 13.8 Å². The fourth-order valence-corrected chi connectivity index (χ4v) is 2.34. The van der Waals surface area contributed by atoms with Gasteiger partial charge in [-0.3, -0.25) is 0 Å². The standard InChI is InChI=1S/C16H35NO/c1-3-5-7-9-11-13-15-17(18)16-14-12-10-8-6-4-2/h18H,3-16H2,1-2H3/p+1. The van der Waals surface area contributed by atoms with Crippen molar-refractivity contribution in [2.75, 3.05) is 13.1 Å². The monoisotopic (exact) mass is 258 g/mol. The Hall–Kier alpha value is -0.0800. The smallest absolute Gasteiger partial charge is 0.107 e. The normalized spacial score (nSPS) is 11.3. The van der Waals surface area contributed by atoms with Gasteiger partial charge in [-0.2, -0.15) is 5.06 Å². The Morgan fingerprint density at radius 3 is 1.28 bits per heavy atom. The summed E-state index contributed by atoms with van der Waals surface area (Å²) in [7, 11) is 0. The highest BCUT2D eigenvalue weighted by Gasteiger charge is 2.03. The quantitative estimate of drug-likeness (QED) is 0.357. The maximum atomic E-state index is 9.77. The van der Waals surface area contributed by atoms with E-state index >= 15 is 0 Å². The molecule has 0 heterocycles.